The summed E-state index contributed by atoms with van der Waals surface area (Å²) in [6, 6.07) is 15.7. The molecule has 1 aliphatic heterocycles. The Labute approximate surface area is 161 Å². The first-order chi connectivity index (χ1) is 12.9. The number of anilines is 1. The Balaban J connectivity index is 1.55. The normalized spacial score (nSPS) is 14.9. The van der Waals surface area contributed by atoms with Crippen molar-refractivity contribution in [1.29, 1.82) is 0 Å². The zero-order valence-corrected chi connectivity index (χ0v) is 16.2. The van der Waals surface area contributed by atoms with Crippen molar-refractivity contribution >= 4 is 17.5 Å². The summed E-state index contributed by atoms with van der Waals surface area (Å²) in [5.41, 5.74) is 4.52. The highest BCUT2D eigenvalue weighted by Gasteiger charge is 2.27. The van der Waals surface area contributed by atoms with Gasteiger partial charge in [-0.2, -0.15) is 0 Å². The number of carbonyl (C=O) groups excluding carboxylic acids is 2. The van der Waals surface area contributed by atoms with Crippen LogP contribution in [-0.4, -0.2) is 47.8 Å². The largest absolute Gasteiger partial charge is 0.335 e. The molecular formula is C22H27N3O2. The molecule has 1 aliphatic rings. The van der Waals surface area contributed by atoms with Gasteiger partial charge in [0.05, 0.1) is 12.6 Å². The summed E-state index contributed by atoms with van der Waals surface area (Å²) in [6.45, 7) is 5.59. The number of amides is 2. The second kappa shape index (κ2) is 8.35. The van der Waals surface area contributed by atoms with E-state index in [0.717, 1.165) is 30.8 Å². The van der Waals surface area contributed by atoms with Gasteiger partial charge < -0.3 is 10.2 Å². The number of rotatable bonds is 5. The molecule has 1 N–H and O–H groups in total. The molecule has 2 aromatic carbocycles. The Morgan fingerprint density at radius 1 is 1.11 bits per heavy atom. The molecule has 3 rings (SSSR count). The topological polar surface area (TPSA) is 52.7 Å². The van der Waals surface area contributed by atoms with Crippen molar-refractivity contribution in [2.24, 2.45) is 0 Å². The van der Waals surface area contributed by atoms with Gasteiger partial charge in [0.15, 0.2) is 0 Å². The summed E-state index contributed by atoms with van der Waals surface area (Å²) >= 11 is 0. The zero-order chi connectivity index (χ0) is 19.4. The fourth-order valence-electron chi connectivity index (χ4n) is 3.45. The molecule has 0 aromatic heterocycles. The fourth-order valence-corrected chi connectivity index (χ4v) is 3.45. The first-order valence-electron chi connectivity index (χ1n) is 9.36. The lowest BCUT2D eigenvalue weighted by Gasteiger charge is -2.34. The first kappa shape index (κ1) is 19.1. The maximum atomic E-state index is 12.8. The highest BCUT2D eigenvalue weighted by molar-refractivity contribution is 5.95. The van der Waals surface area contributed by atoms with Crippen molar-refractivity contribution < 1.29 is 9.59 Å². The summed E-state index contributed by atoms with van der Waals surface area (Å²) in [5, 5.41) is 2.84. The van der Waals surface area contributed by atoms with Gasteiger partial charge in [-0.25, -0.2) is 0 Å². The SMILES string of the molecule is Cc1ccc(NC(=O)CN(C)C(=O)[C@H](C)N2CCc3ccccc3C2)cc1. The van der Waals surface area contributed by atoms with Crippen LogP contribution in [0.3, 0.4) is 0 Å². The molecule has 0 bridgehead atoms. The molecule has 142 valence electrons. The standard InChI is InChI=1S/C22H27N3O2/c1-16-8-10-20(11-9-16)23-21(26)15-24(3)22(27)17(2)25-13-12-18-6-4-5-7-19(18)14-25/h4-11,17H,12-15H2,1-3H3,(H,23,26)/t17-/m0/s1. The summed E-state index contributed by atoms with van der Waals surface area (Å²) in [7, 11) is 1.69. The van der Waals surface area contributed by atoms with Gasteiger partial charge >= 0.3 is 0 Å². The quantitative estimate of drug-likeness (QED) is 0.886. The average molecular weight is 365 g/mol. The zero-order valence-electron chi connectivity index (χ0n) is 16.2. The van der Waals surface area contributed by atoms with Crippen LogP contribution in [0.25, 0.3) is 0 Å². The third-order valence-corrected chi connectivity index (χ3v) is 5.16. The number of nitrogens with zero attached hydrogens (tertiary/aromatic N) is 2. The van der Waals surface area contributed by atoms with Crippen LogP contribution in [0.5, 0.6) is 0 Å². The Morgan fingerprint density at radius 3 is 2.48 bits per heavy atom. The van der Waals surface area contributed by atoms with Gasteiger partial charge in [-0.05, 0) is 43.5 Å². The van der Waals surface area contributed by atoms with Crippen molar-refractivity contribution in [3.05, 3.63) is 65.2 Å². The third-order valence-electron chi connectivity index (χ3n) is 5.16. The molecule has 2 aromatic rings. The highest BCUT2D eigenvalue weighted by atomic mass is 16.2. The number of nitrogens with one attached hydrogen (secondary N) is 1. The molecule has 5 nitrogen and oxygen atoms in total. The second-order valence-corrected chi connectivity index (χ2v) is 7.27. The average Bonchev–Trinajstić information content (AvgIpc) is 2.68. The van der Waals surface area contributed by atoms with Gasteiger partial charge in [-0.3, -0.25) is 14.5 Å². The van der Waals surface area contributed by atoms with Crippen molar-refractivity contribution in [3.8, 4) is 0 Å². The predicted octanol–water partition coefficient (Wildman–Crippen LogP) is 2.84. The molecule has 0 radical (unpaired) electrons. The first-order valence-corrected chi connectivity index (χ1v) is 9.36. The maximum absolute atomic E-state index is 12.8. The second-order valence-electron chi connectivity index (χ2n) is 7.27. The molecular weight excluding hydrogens is 338 g/mol. The highest BCUT2D eigenvalue weighted by Crippen LogP contribution is 2.20. The number of hydrogen-bond acceptors (Lipinski definition) is 3. The van der Waals surface area contributed by atoms with Crippen LogP contribution in [-0.2, 0) is 22.6 Å². The number of likely N-dealkylation sites (N-methyl/N-ethyl adjacent to an activating group) is 1. The summed E-state index contributed by atoms with van der Waals surface area (Å²) in [6.07, 6.45) is 0.950. The minimum Gasteiger partial charge on any atom is -0.335 e. The van der Waals surface area contributed by atoms with Crippen LogP contribution in [0.1, 0.15) is 23.6 Å². The molecule has 1 heterocycles. The smallest absolute Gasteiger partial charge is 0.243 e. The number of benzene rings is 2. The Kier molecular flexibility index (Phi) is 5.91. The molecule has 0 spiro atoms. The van der Waals surface area contributed by atoms with Crippen LogP contribution in [0, 0.1) is 6.92 Å². The van der Waals surface area contributed by atoms with Crippen molar-refractivity contribution in [2.75, 3.05) is 25.5 Å². The van der Waals surface area contributed by atoms with E-state index in [9.17, 15) is 9.59 Å². The molecule has 27 heavy (non-hydrogen) atoms. The van der Waals surface area contributed by atoms with E-state index >= 15 is 0 Å². The number of aryl methyl sites for hydroxylation is 1. The van der Waals surface area contributed by atoms with E-state index in [-0.39, 0.29) is 24.4 Å². The van der Waals surface area contributed by atoms with Gasteiger partial charge in [0.1, 0.15) is 0 Å². The lowest BCUT2D eigenvalue weighted by Crippen LogP contribution is -2.49. The van der Waals surface area contributed by atoms with Crippen LogP contribution in [0.15, 0.2) is 48.5 Å². The van der Waals surface area contributed by atoms with Gasteiger partial charge in [-0.1, -0.05) is 42.0 Å². The Hall–Kier alpha value is -2.66. The van der Waals surface area contributed by atoms with Crippen molar-refractivity contribution in [2.45, 2.75) is 32.9 Å². The van der Waals surface area contributed by atoms with Crippen LogP contribution in [0.2, 0.25) is 0 Å². The molecule has 0 unspecified atom stereocenters. The molecule has 2 amide bonds. The minimum atomic E-state index is -0.254. The van der Waals surface area contributed by atoms with E-state index in [1.165, 1.54) is 16.0 Å². The number of hydrogen-bond donors (Lipinski definition) is 1. The lowest BCUT2D eigenvalue weighted by atomic mass is 9.98. The summed E-state index contributed by atoms with van der Waals surface area (Å²) in [5.74, 6) is -0.223. The van der Waals surface area contributed by atoms with Gasteiger partial charge in [0.25, 0.3) is 0 Å². The minimum absolute atomic E-state index is 0.0339. The van der Waals surface area contributed by atoms with Crippen LogP contribution in [0.4, 0.5) is 5.69 Å². The van der Waals surface area contributed by atoms with Crippen LogP contribution < -0.4 is 5.32 Å². The van der Waals surface area contributed by atoms with E-state index in [0.29, 0.717) is 0 Å². The van der Waals surface area contributed by atoms with Crippen molar-refractivity contribution in [1.82, 2.24) is 9.80 Å². The molecule has 0 aliphatic carbocycles. The van der Waals surface area contributed by atoms with E-state index in [1.54, 1.807) is 7.05 Å². The van der Waals surface area contributed by atoms with E-state index in [1.807, 2.05) is 44.2 Å². The van der Waals surface area contributed by atoms with E-state index in [2.05, 4.69) is 28.4 Å². The number of fused-ring (bicyclic) bond motifs is 1. The fraction of sp³-hybridized carbons (Fsp3) is 0.364. The van der Waals surface area contributed by atoms with Gasteiger partial charge in [0.2, 0.25) is 11.8 Å². The van der Waals surface area contributed by atoms with Gasteiger partial charge in [-0.15, -0.1) is 0 Å². The van der Waals surface area contributed by atoms with E-state index in [4.69, 9.17) is 0 Å². The molecule has 0 fully saturated rings. The monoisotopic (exact) mass is 365 g/mol. The summed E-state index contributed by atoms with van der Waals surface area (Å²) in [4.78, 5) is 28.7. The summed E-state index contributed by atoms with van der Waals surface area (Å²) < 4.78 is 0. The Morgan fingerprint density at radius 2 is 1.78 bits per heavy atom. The molecule has 0 saturated carbocycles. The van der Waals surface area contributed by atoms with Gasteiger partial charge in [0, 0.05) is 25.8 Å². The third kappa shape index (κ3) is 4.74. The predicted molar refractivity (Wildman–Crippen MR) is 107 cm³/mol. The molecule has 0 saturated heterocycles. The van der Waals surface area contributed by atoms with E-state index < -0.39 is 0 Å². The molecule has 1 atom stereocenters. The van der Waals surface area contributed by atoms with Crippen LogP contribution >= 0.6 is 0 Å². The van der Waals surface area contributed by atoms with Crippen molar-refractivity contribution in [3.63, 3.8) is 0 Å². The Bertz CT molecular complexity index is 817. The maximum Gasteiger partial charge on any atom is 0.243 e. The number of carbonyl (C=O) groups is 2. The lowest BCUT2D eigenvalue weighted by molar-refractivity contribution is -0.138. The molecule has 5 heteroatoms.